The minimum absolute atomic E-state index is 0.0548. The number of aliphatic hydroxyl groups excluding tert-OH is 1. The van der Waals surface area contributed by atoms with Crippen LogP contribution in [0.1, 0.15) is 26.3 Å². The molecule has 0 atom stereocenters. The van der Waals surface area contributed by atoms with Crippen molar-refractivity contribution < 1.29 is 33.9 Å². The monoisotopic (exact) mass is 474 g/mol. The Bertz CT molecular complexity index is 702. The molecule has 182 valence electrons. The van der Waals surface area contributed by atoms with E-state index in [1.165, 1.54) is 17.7 Å². The van der Waals surface area contributed by atoms with Crippen LogP contribution in [0.25, 0.3) is 0 Å². The van der Waals surface area contributed by atoms with Crippen LogP contribution in [0.5, 0.6) is 5.75 Å². The second-order valence-electron chi connectivity index (χ2n) is 6.68. The molecule has 0 aliphatic carbocycles. The van der Waals surface area contributed by atoms with E-state index in [2.05, 4.69) is 22.8 Å². The summed E-state index contributed by atoms with van der Waals surface area (Å²) in [5, 5.41) is 17.3. The van der Waals surface area contributed by atoms with Crippen molar-refractivity contribution in [1.29, 1.82) is 0 Å². The van der Waals surface area contributed by atoms with Gasteiger partial charge >= 0.3 is 6.09 Å². The summed E-state index contributed by atoms with van der Waals surface area (Å²) >= 11 is 3.82. The first-order chi connectivity index (χ1) is 15.2. The van der Waals surface area contributed by atoms with Gasteiger partial charge < -0.3 is 25.6 Å². The van der Waals surface area contributed by atoms with Gasteiger partial charge in [0.05, 0.1) is 6.61 Å². The van der Waals surface area contributed by atoms with E-state index in [4.69, 9.17) is 25.6 Å². The van der Waals surface area contributed by atoms with Gasteiger partial charge in [0.2, 0.25) is 0 Å². The number of alkyl carbamates (subject to hydrolysis) is 1. The third-order valence-corrected chi connectivity index (χ3v) is 3.10. The van der Waals surface area contributed by atoms with Crippen LogP contribution >= 0.6 is 12.6 Å². The molecule has 0 spiro atoms. The van der Waals surface area contributed by atoms with Crippen LogP contribution in [0.3, 0.4) is 0 Å². The number of hydrogen-bond donors (Lipinski definition) is 5. The third-order valence-electron chi connectivity index (χ3n) is 2.97. The topological polar surface area (TPSA) is 123 Å². The predicted molar refractivity (Wildman–Crippen MR) is 126 cm³/mol. The zero-order valence-electron chi connectivity index (χ0n) is 19.0. The SMILES string of the molecule is CC(C)(C)OC(=O)NCCOO.CO.Fc1cccc(OCS)c1.NCc1ccccc1. The largest absolute Gasteiger partial charge is 0.483 e. The average molecular weight is 475 g/mol. The van der Waals surface area contributed by atoms with E-state index in [-0.39, 0.29) is 24.9 Å². The highest BCUT2D eigenvalue weighted by Crippen LogP contribution is 2.11. The van der Waals surface area contributed by atoms with Crippen molar-refractivity contribution in [2.45, 2.75) is 32.9 Å². The standard InChI is InChI=1S/C7H7FOS.C7H15NO4.C7H9N.CH4O/c8-6-2-1-3-7(4-6)9-5-10;1-7(2,3)12-6(9)8-4-5-11-10;8-6-7-4-2-1-3-5-7;1-2/h1-4,10H,5H2;10H,4-5H2,1-3H3,(H,8,9);1-5H,6,8H2;2H,1H3. The van der Waals surface area contributed by atoms with Crippen LogP contribution in [0.15, 0.2) is 54.6 Å². The van der Waals surface area contributed by atoms with Crippen LogP contribution in [0.4, 0.5) is 9.18 Å². The zero-order chi connectivity index (χ0) is 24.8. The summed E-state index contributed by atoms with van der Waals surface area (Å²) in [6, 6.07) is 15.9. The number of nitrogens with two attached hydrogens (primary N) is 1. The fraction of sp³-hybridized carbons (Fsp3) is 0.409. The van der Waals surface area contributed by atoms with Crippen molar-refractivity contribution in [2.24, 2.45) is 5.73 Å². The normalized spacial score (nSPS) is 9.53. The van der Waals surface area contributed by atoms with Gasteiger partial charge in [-0.1, -0.05) is 36.4 Å². The first kappa shape index (κ1) is 31.8. The zero-order valence-corrected chi connectivity index (χ0v) is 19.8. The molecule has 0 aliphatic heterocycles. The van der Waals surface area contributed by atoms with Crippen LogP contribution in [0, 0.1) is 5.82 Å². The highest BCUT2D eigenvalue weighted by Gasteiger charge is 2.15. The average Bonchev–Trinajstić information content (AvgIpc) is 2.76. The van der Waals surface area contributed by atoms with E-state index in [9.17, 15) is 9.18 Å². The maximum absolute atomic E-state index is 12.4. The van der Waals surface area contributed by atoms with Gasteiger partial charge in [-0.3, -0.25) is 5.26 Å². The van der Waals surface area contributed by atoms with Crippen molar-refractivity contribution >= 4 is 18.7 Å². The van der Waals surface area contributed by atoms with Crippen molar-refractivity contribution in [2.75, 3.05) is 26.2 Å². The van der Waals surface area contributed by atoms with Crippen LogP contribution in [-0.4, -0.2) is 48.3 Å². The number of carbonyl (C=O) groups excluding carboxylic acids is 1. The molecule has 2 rings (SSSR count). The molecule has 1 amide bonds. The van der Waals surface area contributed by atoms with Crippen molar-refractivity contribution in [1.82, 2.24) is 5.32 Å². The van der Waals surface area contributed by atoms with E-state index in [1.54, 1.807) is 32.9 Å². The fourth-order valence-electron chi connectivity index (χ4n) is 1.76. The number of carbonyl (C=O) groups is 1. The van der Waals surface area contributed by atoms with Gasteiger partial charge in [0.1, 0.15) is 23.1 Å². The number of amides is 1. The predicted octanol–water partition coefficient (Wildman–Crippen LogP) is 3.85. The lowest BCUT2D eigenvalue weighted by Crippen LogP contribution is -2.34. The number of halogens is 1. The number of nitrogens with one attached hydrogen (secondary N) is 1. The Morgan fingerprint density at radius 3 is 2.19 bits per heavy atom. The highest BCUT2D eigenvalue weighted by molar-refractivity contribution is 7.80. The molecule has 0 saturated carbocycles. The summed E-state index contributed by atoms with van der Waals surface area (Å²) in [5.41, 5.74) is 6.04. The second kappa shape index (κ2) is 20.5. The Hall–Kier alpha value is -2.37. The molecule has 5 N–H and O–H groups in total. The van der Waals surface area contributed by atoms with E-state index < -0.39 is 11.7 Å². The Morgan fingerprint density at radius 1 is 1.12 bits per heavy atom. The number of rotatable bonds is 6. The van der Waals surface area contributed by atoms with Gasteiger partial charge in [-0.2, -0.15) is 0 Å². The van der Waals surface area contributed by atoms with Crippen LogP contribution in [0.2, 0.25) is 0 Å². The highest BCUT2D eigenvalue weighted by atomic mass is 32.1. The Kier molecular flexibility index (Phi) is 20.4. The molecule has 2 aromatic rings. The number of thiol groups is 1. The minimum atomic E-state index is -0.514. The van der Waals surface area contributed by atoms with Gasteiger partial charge in [-0.05, 0) is 38.5 Å². The Balaban J connectivity index is 0. The summed E-state index contributed by atoms with van der Waals surface area (Å²) in [6.45, 7) is 6.24. The molecule has 0 aliphatic rings. The number of benzene rings is 2. The fourth-order valence-corrected chi connectivity index (χ4v) is 1.91. The molecule has 10 heteroatoms. The van der Waals surface area contributed by atoms with E-state index in [0.717, 1.165) is 7.11 Å². The van der Waals surface area contributed by atoms with Crippen molar-refractivity contribution in [3.05, 3.63) is 66.0 Å². The van der Waals surface area contributed by atoms with Gasteiger partial charge in [-0.15, -0.1) is 12.6 Å². The van der Waals surface area contributed by atoms with Crippen molar-refractivity contribution in [3.63, 3.8) is 0 Å². The Morgan fingerprint density at radius 2 is 1.75 bits per heavy atom. The summed E-state index contributed by atoms with van der Waals surface area (Å²) in [7, 11) is 1.00. The molecular weight excluding hydrogens is 439 g/mol. The van der Waals surface area contributed by atoms with Gasteiger partial charge in [0, 0.05) is 26.3 Å². The lowest BCUT2D eigenvalue weighted by atomic mass is 10.2. The molecule has 32 heavy (non-hydrogen) atoms. The van der Waals surface area contributed by atoms with Gasteiger partial charge in [0.15, 0.2) is 0 Å². The molecule has 0 radical (unpaired) electrons. The van der Waals surface area contributed by atoms with E-state index in [1.807, 2.05) is 30.3 Å². The first-order valence-electron chi connectivity index (χ1n) is 9.63. The smallest absolute Gasteiger partial charge is 0.407 e. The van der Waals surface area contributed by atoms with Gasteiger partial charge in [-0.25, -0.2) is 14.1 Å². The molecule has 0 fully saturated rings. The third kappa shape index (κ3) is 20.9. The second-order valence-corrected chi connectivity index (χ2v) is 6.94. The van der Waals surface area contributed by atoms with Gasteiger partial charge in [0.25, 0.3) is 0 Å². The molecule has 0 unspecified atom stereocenters. The van der Waals surface area contributed by atoms with Crippen LogP contribution < -0.4 is 15.8 Å². The summed E-state index contributed by atoms with van der Waals surface area (Å²) in [5.74, 6) is 0.484. The Labute approximate surface area is 194 Å². The van der Waals surface area contributed by atoms with Crippen molar-refractivity contribution in [3.8, 4) is 5.75 Å². The van der Waals surface area contributed by atoms with E-state index >= 15 is 0 Å². The minimum Gasteiger partial charge on any atom is -0.483 e. The molecule has 8 nitrogen and oxygen atoms in total. The first-order valence-corrected chi connectivity index (χ1v) is 10.3. The maximum atomic E-state index is 12.4. The summed E-state index contributed by atoms with van der Waals surface area (Å²) in [6.07, 6.45) is -0.514. The van der Waals surface area contributed by atoms with Crippen LogP contribution in [-0.2, 0) is 16.2 Å². The quantitative estimate of drug-likeness (QED) is 0.142. The molecular formula is C22H35FN2O6S. The molecule has 0 bridgehead atoms. The lowest BCUT2D eigenvalue weighted by molar-refractivity contribution is -0.240. The number of aliphatic hydroxyl groups is 1. The number of ether oxygens (including phenoxy) is 2. The summed E-state index contributed by atoms with van der Waals surface area (Å²) < 4.78 is 22.2. The molecule has 0 aromatic heterocycles. The molecule has 2 aromatic carbocycles. The maximum Gasteiger partial charge on any atom is 0.407 e. The summed E-state index contributed by atoms with van der Waals surface area (Å²) in [4.78, 5) is 14.6. The lowest BCUT2D eigenvalue weighted by Gasteiger charge is -2.19. The van der Waals surface area contributed by atoms with E-state index in [0.29, 0.717) is 12.3 Å². The molecule has 0 saturated heterocycles. The number of hydrogen-bond acceptors (Lipinski definition) is 8. The molecule has 0 heterocycles.